The molecular weight excluding hydrogens is 320 g/mol. The molecule has 5 heteroatoms. The average Bonchev–Trinajstić information content (AvgIpc) is 3.13. The molecule has 0 saturated carbocycles. The van der Waals surface area contributed by atoms with Crippen molar-refractivity contribution in [2.45, 2.75) is 83.7 Å². The largest absolute Gasteiger partial charge is 0.450 e. The van der Waals surface area contributed by atoms with Gasteiger partial charge in [0.15, 0.2) is 0 Å². The lowest BCUT2D eigenvalue weighted by Gasteiger charge is -2.16. The molecule has 0 bridgehead atoms. The number of rotatable bonds is 1. The maximum absolute atomic E-state index is 12.0. The summed E-state index contributed by atoms with van der Waals surface area (Å²) >= 11 is 0. The van der Waals surface area contributed by atoms with Crippen LogP contribution in [0.25, 0.3) is 0 Å². The smallest absolute Gasteiger partial charge is 0.334 e. The molecule has 5 nitrogen and oxygen atoms in total. The molecule has 0 spiro atoms. The normalized spacial score (nSPS) is 36.7. The molecule has 138 valence electrons. The van der Waals surface area contributed by atoms with E-state index in [0.29, 0.717) is 12.0 Å². The van der Waals surface area contributed by atoms with E-state index in [1.165, 1.54) is 5.57 Å². The second-order valence-corrected chi connectivity index (χ2v) is 7.81. The van der Waals surface area contributed by atoms with Crippen molar-refractivity contribution in [2.24, 2.45) is 0 Å². The van der Waals surface area contributed by atoms with Crippen molar-refractivity contribution < 1.29 is 24.4 Å². The lowest BCUT2D eigenvalue weighted by atomic mass is 9.90. The summed E-state index contributed by atoms with van der Waals surface area (Å²) in [6, 6.07) is 0. The number of ether oxygens (including phenoxy) is 2. The van der Waals surface area contributed by atoms with Crippen LogP contribution in [0.3, 0.4) is 0 Å². The fraction of sp³-hybridized carbons (Fsp3) is 0.650. The van der Waals surface area contributed by atoms with E-state index in [2.05, 4.69) is 18.7 Å². The highest BCUT2D eigenvalue weighted by Crippen LogP contribution is 2.45. The Labute approximate surface area is 149 Å². The van der Waals surface area contributed by atoms with Crippen molar-refractivity contribution in [3.05, 3.63) is 34.4 Å². The molecule has 1 N–H and O–H groups in total. The van der Waals surface area contributed by atoms with Gasteiger partial charge in [-0.1, -0.05) is 17.2 Å². The summed E-state index contributed by atoms with van der Waals surface area (Å²) in [7, 11) is 0. The molecule has 0 radical (unpaired) electrons. The van der Waals surface area contributed by atoms with Crippen molar-refractivity contribution in [3.8, 4) is 0 Å². The van der Waals surface area contributed by atoms with Gasteiger partial charge >= 0.3 is 5.97 Å². The van der Waals surface area contributed by atoms with Crippen LogP contribution in [-0.4, -0.2) is 35.1 Å². The first-order chi connectivity index (χ1) is 11.8. The molecule has 1 saturated heterocycles. The van der Waals surface area contributed by atoms with Gasteiger partial charge in [-0.2, -0.15) is 0 Å². The van der Waals surface area contributed by atoms with Gasteiger partial charge in [-0.05, 0) is 65.0 Å². The molecule has 0 aromatic rings. The molecule has 3 rings (SSSR count). The predicted octanol–water partition coefficient (Wildman–Crippen LogP) is 4.10. The summed E-state index contributed by atoms with van der Waals surface area (Å²) in [5, 5.41) is 9.21. The van der Waals surface area contributed by atoms with Crippen LogP contribution in [0.4, 0.5) is 0 Å². The summed E-state index contributed by atoms with van der Waals surface area (Å²) in [5.41, 5.74) is 3.86. The van der Waals surface area contributed by atoms with E-state index in [9.17, 15) is 10.1 Å². The molecule has 0 amide bonds. The minimum absolute atomic E-state index is 0.112. The maximum atomic E-state index is 12.0. The summed E-state index contributed by atoms with van der Waals surface area (Å²) in [6.07, 6.45) is 7.62. The average molecular weight is 348 g/mol. The van der Waals surface area contributed by atoms with Crippen LogP contribution in [0, 0.1) is 0 Å². The quantitative estimate of drug-likeness (QED) is 0.254. The topological polar surface area (TPSA) is 68.3 Å². The molecule has 1 fully saturated rings. The monoisotopic (exact) mass is 348 g/mol. The van der Waals surface area contributed by atoms with Crippen LogP contribution in [0.15, 0.2) is 34.4 Å². The van der Waals surface area contributed by atoms with Crippen LogP contribution < -0.4 is 0 Å². The minimum atomic E-state index is -0.392. The van der Waals surface area contributed by atoms with Crippen molar-refractivity contribution >= 4 is 5.97 Å². The Balaban J connectivity index is 1.87. The lowest BCUT2D eigenvalue weighted by molar-refractivity contribution is -0.265. The lowest BCUT2D eigenvalue weighted by Crippen LogP contribution is -2.16. The van der Waals surface area contributed by atoms with E-state index < -0.39 is 6.10 Å². The molecule has 0 aromatic heterocycles. The second-order valence-electron chi connectivity index (χ2n) is 7.81. The van der Waals surface area contributed by atoms with Crippen LogP contribution in [-0.2, 0) is 19.2 Å². The highest BCUT2D eigenvalue weighted by atomic mass is 17.1. The van der Waals surface area contributed by atoms with Gasteiger partial charge < -0.3 is 9.47 Å². The van der Waals surface area contributed by atoms with E-state index in [4.69, 9.17) is 9.47 Å². The van der Waals surface area contributed by atoms with Gasteiger partial charge in [0.1, 0.15) is 12.2 Å². The van der Waals surface area contributed by atoms with E-state index in [1.54, 1.807) is 0 Å². The van der Waals surface area contributed by atoms with E-state index in [-0.39, 0.29) is 23.8 Å². The number of hydrogen-bond donors (Lipinski definition) is 1. The van der Waals surface area contributed by atoms with Gasteiger partial charge in [-0.15, -0.1) is 0 Å². The van der Waals surface area contributed by atoms with Gasteiger partial charge in [-0.3, -0.25) is 5.26 Å². The van der Waals surface area contributed by atoms with Crippen molar-refractivity contribution in [2.75, 3.05) is 0 Å². The SMILES string of the molecule is CC1=CC(OO)CC(C)=CC2OC(=O)C(C)=C2CCC2(C)OC2CC1. The van der Waals surface area contributed by atoms with E-state index >= 15 is 0 Å². The van der Waals surface area contributed by atoms with Crippen LogP contribution in [0.5, 0.6) is 0 Å². The molecule has 3 aliphatic rings. The highest BCUT2D eigenvalue weighted by Gasteiger charge is 2.51. The fourth-order valence-electron chi connectivity index (χ4n) is 3.87. The highest BCUT2D eigenvalue weighted by molar-refractivity contribution is 5.92. The minimum Gasteiger partial charge on any atom is -0.450 e. The van der Waals surface area contributed by atoms with Gasteiger partial charge in [0, 0.05) is 12.0 Å². The number of esters is 1. The number of epoxide rings is 1. The third-order valence-corrected chi connectivity index (χ3v) is 5.66. The number of carbonyl (C=O) groups excluding carboxylic acids is 1. The van der Waals surface area contributed by atoms with Gasteiger partial charge in [-0.25, -0.2) is 9.68 Å². The van der Waals surface area contributed by atoms with Crippen LogP contribution in [0.1, 0.15) is 59.8 Å². The van der Waals surface area contributed by atoms with Gasteiger partial charge in [0.2, 0.25) is 0 Å². The Morgan fingerprint density at radius 2 is 1.96 bits per heavy atom. The molecule has 0 aromatic carbocycles. The molecule has 1 aliphatic carbocycles. The first kappa shape index (κ1) is 18.4. The van der Waals surface area contributed by atoms with E-state index in [1.807, 2.05) is 26.0 Å². The zero-order valence-corrected chi connectivity index (χ0v) is 15.5. The Bertz CT molecular complexity index is 644. The number of allylic oxidation sites excluding steroid dienone is 1. The second kappa shape index (κ2) is 7.06. The van der Waals surface area contributed by atoms with Gasteiger partial charge in [0.25, 0.3) is 0 Å². The maximum Gasteiger partial charge on any atom is 0.334 e. The zero-order valence-electron chi connectivity index (χ0n) is 15.5. The first-order valence-electron chi connectivity index (χ1n) is 9.05. The zero-order chi connectivity index (χ0) is 18.2. The summed E-state index contributed by atoms with van der Waals surface area (Å²) in [5.74, 6) is -0.238. The number of fused-ring (bicyclic) bond motifs is 2. The molecule has 4 atom stereocenters. The summed E-state index contributed by atoms with van der Waals surface area (Å²) < 4.78 is 11.5. The molecule has 25 heavy (non-hydrogen) atoms. The molecular formula is C20H28O5. The third kappa shape index (κ3) is 4.05. The standard InChI is InChI=1S/C20H28O5/c1-12-5-6-18-20(4,24-18)8-7-16-14(3)19(21)23-17(16)11-13(2)10-15(9-12)25-22/h9,11,15,17-18,22H,5-8,10H2,1-4H3. The van der Waals surface area contributed by atoms with Crippen LogP contribution in [0.2, 0.25) is 0 Å². The summed E-state index contributed by atoms with van der Waals surface area (Å²) in [6.45, 7) is 8.01. The Hall–Kier alpha value is -1.43. The fourth-order valence-corrected chi connectivity index (χ4v) is 3.87. The van der Waals surface area contributed by atoms with Crippen LogP contribution >= 0.6 is 0 Å². The predicted molar refractivity (Wildman–Crippen MR) is 94.0 cm³/mol. The van der Waals surface area contributed by atoms with Crippen molar-refractivity contribution in [3.63, 3.8) is 0 Å². The first-order valence-corrected chi connectivity index (χ1v) is 9.05. The van der Waals surface area contributed by atoms with Crippen molar-refractivity contribution in [1.82, 2.24) is 0 Å². The van der Waals surface area contributed by atoms with Gasteiger partial charge in [0.05, 0.1) is 11.7 Å². The Kier molecular flexibility index (Phi) is 5.19. The molecule has 2 aliphatic heterocycles. The van der Waals surface area contributed by atoms with E-state index in [0.717, 1.165) is 36.8 Å². The number of carbonyl (C=O) groups is 1. The Morgan fingerprint density at radius 3 is 2.68 bits per heavy atom. The number of hydrogen-bond acceptors (Lipinski definition) is 5. The van der Waals surface area contributed by atoms with Crippen molar-refractivity contribution in [1.29, 1.82) is 0 Å². The Morgan fingerprint density at radius 1 is 1.20 bits per heavy atom. The molecule has 4 unspecified atom stereocenters. The molecule has 2 heterocycles. The summed E-state index contributed by atoms with van der Waals surface area (Å²) in [4.78, 5) is 16.6. The third-order valence-electron chi connectivity index (χ3n) is 5.66.